The Balaban J connectivity index is 1.65. The third kappa shape index (κ3) is 4.08. The molecule has 3 rings (SSSR count). The third-order valence-corrected chi connectivity index (χ3v) is 4.04. The fraction of sp³-hybridized carbons (Fsp3) is 0.667. The van der Waals surface area contributed by atoms with E-state index < -0.39 is 6.10 Å². The quantitative estimate of drug-likeness (QED) is 0.808. The third-order valence-electron chi connectivity index (χ3n) is 4.04. The molecule has 23 heavy (non-hydrogen) atoms. The van der Waals surface area contributed by atoms with Gasteiger partial charge in [0, 0.05) is 26.4 Å². The van der Waals surface area contributed by atoms with Gasteiger partial charge in [0.1, 0.15) is 5.82 Å². The summed E-state index contributed by atoms with van der Waals surface area (Å²) >= 11 is 0. The molecule has 0 aliphatic carbocycles. The molecule has 8 heteroatoms. The predicted molar refractivity (Wildman–Crippen MR) is 85.5 cm³/mol. The Morgan fingerprint density at radius 1 is 1.43 bits per heavy atom. The highest BCUT2D eigenvalue weighted by molar-refractivity contribution is 5.81. The molecular weight excluding hydrogens is 298 g/mol. The molecular formula is C15H23N5O3. The normalized spacial score (nSPS) is 25.0. The maximum Gasteiger partial charge on any atom is 0.250 e. The Labute approximate surface area is 135 Å². The molecule has 0 radical (unpaired) electrons. The summed E-state index contributed by atoms with van der Waals surface area (Å²) in [5.41, 5.74) is 0. The number of nitrogens with zero attached hydrogens (tertiary/aromatic N) is 3. The van der Waals surface area contributed by atoms with Crippen LogP contribution in [0, 0.1) is 0 Å². The molecule has 0 unspecified atom stereocenters. The highest BCUT2D eigenvalue weighted by Gasteiger charge is 2.27. The van der Waals surface area contributed by atoms with Crippen molar-refractivity contribution in [3.8, 4) is 0 Å². The predicted octanol–water partition coefficient (Wildman–Crippen LogP) is 0.0187. The van der Waals surface area contributed by atoms with Gasteiger partial charge in [-0.25, -0.2) is 4.98 Å². The zero-order valence-corrected chi connectivity index (χ0v) is 13.3. The first-order chi connectivity index (χ1) is 11.3. The van der Waals surface area contributed by atoms with E-state index in [9.17, 15) is 4.79 Å². The van der Waals surface area contributed by atoms with E-state index in [1.54, 1.807) is 13.2 Å². The lowest BCUT2D eigenvalue weighted by atomic mass is 10.1. The van der Waals surface area contributed by atoms with E-state index >= 15 is 0 Å². The molecule has 0 saturated carbocycles. The van der Waals surface area contributed by atoms with E-state index in [-0.39, 0.29) is 11.9 Å². The molecule has 2 N–H and O–H groups in total. The average Bonchev–Trinajstić information content (AvgIpc) is 2.62. The largest absolute Gasteiger partial charge is 0.379 e. The van der Waals surface area contributed by atoms with E-state index in [2.05, 4.69) is 20.6 Å². The van der Waals surface area contributed by atoms with Crippen LogP contribution in [-0.4, -0.2) is 68.0 Å². The Kier molecular flexibility index (Phi) is 5.24. The molecule has 126 valence electrons. The van der Waals surface area contributed by atoms with Gasteiger partial charge in [0.05, 0.1) is 25.8 Å². The van der Waals surface area contributed by atoms with E-state index in [1.807, 2.05) is 11.0 Å². The maximum absolute atomic E-state index is 11.7. The fourth-order valence-electron chi connectivity index (χ4n) is 2.80. The van der Waals surface area contributed by atoms with Crippen molar-refractivity contribution in [2.24, 2.45) is 0 Å². The van der Waals surface area contributed by atoms with Crippen LogP contribution in [0.1, 0.15) is 12.8 Å². The highest BCUT2D eigenvalue weighted by Crippen LogP contribution is 2.17. The number of hydrogen-bond donors (Lipinski definition) is 2. The molecule has 2 atom stereocenters. The number of carbonyl (C=O) groups excluding carboxylic acids is 1. The number of likely N-dealkylation sites (N-methyl/N-ethyl adjacent to an activating group) is 1. The van der Waals surface area contributed by atoms with Gasteiger partial charge in [-0.2, -0.15) is 4.98 Å². The Morgan fingerprint density at radius 3 is 3.13 bits per heavy atom. The number of carbonyl (C=O) groups is 1. The smallest absolute Gasteiger partial charge is 0.250 e. The lowest BCUT2D eigenvalue weighted by Gasteiger charge is -2.32. The van der Waals surface area contributed by atoms with Crippen molar-refractivity contribution in [3.63, 3.8) is 0 Å². The molecule has 0 aromatic carbocycles. The van der Waals surface area contributed by atoms with Gasteiger partial charge in [-0.1, -0.05) is 0 Å². The van der Waals surface area contributed by atoms with Crippen LogP contribution in [0.15, 0.2) is 12.3 Å². The summed E-state index contributed by atoms with van der Waals surface area (Å²) in [6.07, 6.45) is 3.39. The topological polar surface area (TPSA) is 88.6 Å². The van der Waals surface area contributed by atoms with Crippen LogP contribution in [0.3, 0.4) is 0 Å². The summed E-state index contributed by atoms with van der Waals surface area (Å²) in [4.78, 5) is 22.6. The molecule has 3 heterocycles. The summed E-state index contributed by atoms with van der Waals surface area (Å²) in [5, 5.41) is 6.01. The van der Waals surface area contributed by atoms with Crippen molar-refractivity contribution < 1.29 is 14.3 Å². The van der Waals surface area contributed by atoms with Gasteiger partial charge in [-0.3, -0.25) is 4.79 Å². The minimum absolute atomic E-state index is 0.122. The first-order valence-electron chi connectivity index (χ1n) is 8.02. The number of rotatable bonds is 4. The van der Waals surface area contributed by atoms with Crippen molar-refractivity contribution in [2.75, 3.05) is 50.2 Å². The van der Waals surface area contributed by atoms with Crippen LogP contribution in [0.25, 0.3) is 0 Å². The second kappa shape index (κ2) is 7.56. The summed E-state index contributed by atoms with van der Waals surface area (Å²) in [6.45, 7) is 3.15. The van der Waals surface area contributed by atoms with Crippen LogP contribution >= 0.6 is 0 Å². The van der Waals surface area contributed by atoms with Gasteiger partial charge in [0.25, 0.3) is 5.91 Å². The van der Waals surface area contributed by atoms with Gasteiger partial charge in [-0.05, 0) is 18.9 Å². The molecule has 0 spiro atoms. The van der Waals surface area contributed by atoms with Gasteiger partial charge in [0.2, 0.25) is 5.95 Å². The van der Waals surface area contributed by atoms with Gasteiger partial charge in [0.15, 0.2) is 6.10 Å². The summed E-state index contributed by atoms with van der Waals surface area (Å²) in [7, 11) is 1.61. The minimum Gasteiger partial charge on any atom is -0.379 e. The Hall–Kier alpha value is -1.93. The molecule has 8 nitrogen and oxygen atoms in total. The first kappa shape index (κ1) is 15.9. The van der Waals surface area contributed by atoms with Gasteiger partial charge in [-0.15, -0.1) is 0 Å². The molecule has 1 amide bonds. The monoisotopic (exact) mass is 321 g/mol. The van der Waals surface area contributed by atoms with Crippen molar-refractivity contribution in [1.82, 2.24) is 15.3 Å². The molecule has 2 aliphatic heterocycles. The number of nitrogens with one attached hydrogen (secondary N) is 2. The highest BCUT2D eigenvalue weighted by atomic mass is 16.5. The average molecular weight is 321 g/mol. The zero-order chi connectivity index (χ0) is 16.1. The molecule has 1 aromatic heterocycles. The second-order valence-corrected chi connectivity index (χ2v) is 5.72. The molecule has 1 aromatic rings. The van der Waals surface area contributed by atoms with Gasteiger partial charge >= 0.3 is 0 Å². The Morgan fingerprint density at radius 2 is 2.35 bits per heavy atom. The van der Waals surface area contributed by atoms with Crippen LogP contribution in [0.4, 0.5) is 11.8 Å². The number of hydrogen-bond acceptors (Lipinski definition) is 7. The van der Waals surface area contributed by atoms with Gasteiger partial charge < -0.3 is 25.0 Å². The number of amides is 1. The summed E-state index contributed by atoms with van der Waals surface area (Å²) in [6, 6.07) is 2.14. The van der Waals surface area contributed by atoms with Crippen molar-refractivity contribution in [2.45, 2.75) is 25.0 Å². The van der Waals surface area contributed by atoms with Crippen LogP contribution in [-0.2, 0) is 14.3 Å². The van der Waals surface area contributed by atoms with E-state index in [0.717, 1.165) is 25.3 Å². The first-order valence-corrected chi connectivity index (χ1v) is 8.02. The van der Waals surface area contributed by atoms with Crippen molar-refractivity contribution in [3.05, 3.63) is 12.3 Å². The number of morpholine rings is 1. The van der Waals surface area contributed by atoms with Crippen LogP contribution < -0.4 is 15.5 Å². The molecule has 2 fully saturated rings. The lowest BCUT2D eigenvalue weighted by molar-refractivity contribution is -0.132. The number of anilines is 2. The lowest BCUT2D eigenvalue weighted by Crippen LogP contribution is -2.49. The SMILES string of the molecule is CNC(=O)[C@@H]1CN(c2nccc(N[C@H]3CCCOC3)n2)CCO1. The van der Waals surface area contributed by atoms with Crippen LogP contribution in [0.5, 0.6) is 0 Å². The second-order valence-electron chi connectivity index (χ2n) is 5.72. The van der Waals surface area contributed by atoms with E-state index in [1.165, 1.54) is 0 Å². The van der Waals surface area contributed by atoms with E-state index in [0.29, 0.717) is 32.3 Å². The van der Waals surface area contributed by atoms with Crippen molar-refractivity contribution in [1.29, 1.82) is 0 Å². The van der Waals surface area contributed by atoms with Crippen molar-refractivity contribution >= 4 is 17.7 Å². The molecule has 2 aliphatic rings. The molecule has 2 saturated heterocycles. The standard InChI is InChI=1S/C15H23N5O3/c1-16-14(21)12-9-20(6-8-23-12)15-17-5-4-13(19-15)18-11-3-2-7-22-10-11/h4-5,11-12H,2-3,6-10H2,1H3,(H,16,21)(H,17,18,19)/t11-,12-/m0/s1. The number of ether oxygens (including phenoxy) is 2. The Bertz CT molecular complexity index is 536. The van der Waals surface area contributed by atoms with E-state index in [4.69, 9.17) is 9.47 Å². The molecule has 0 bridgehead atoms. The zero-order valence-electron chi connectivity index (χ0n) is 13.3. The summed E-state index contributed by atoms with van der Waals surface area (Å²) < 4.78 is 11.0. The van der Waals surface area contributed by atoms with Crippen LogP contribution in [0.2, 0.25) is 0 Å². The number of aromatic nitrogens is 2. The minimum atomic E-state index is -0.485. The summed E-state index contributed by atoms with van der Waals surface area (Å²) in [5.74, 6) is 1.28. The maximum atomic E-state index is 11.7. The fourth-order valence-corrected chi connectivity index (χ4v) is 2.80.